The van der Waals surface area contributed by atoms with Crippen LogP contribution in [0.3, 0.4) is 0 Å². The quantitative estimate of drug-likeness (QED) is 0.150. The molecule has 4 amide bonds. The molecule has 190 valence electrons. The smallest absolute Gasteiger partial charge is 0.326 e. The number of carbonyl (C=O) groups is 5. The molecule has 0 saturated carbocycles. The Morgan fingerprint density at radius 1 is 0.818 bits per heavy atom. The Bertz CT molecular complexity index is 700. The molecule has 0 aliphatic heterocycles. The Labute approximate surface area is 194 Å². The highest BCUT2D eigenvalue weighted by Crippen LogP contribution is 2.13. The summed E-state index contributed by atoms with van der Waals surface area (Å²) in [6.07, 6.45) is -0.539. The fourth-order valence-electron chi connectivity index (χ4n) is 2.92. The number of carbonyl (C=O) groups excluding carboxylic acids is 4. The van der Waals surface area contributed by atoms with Gasteiger partial charge in [0, 0.05) is 6.42 Å². The maximum atomic E-state index is 13.1. The number of nitrogens with one attached hydrogen (secondary N) is 3. The number of carboxylic acid groups (broad SMARTS) is 1. The summed E-state index contributed by atoms with van der Waals surface area (Å²) in [6.45, 7) is 8.42. The van der Waals surface area contributed by atoms with Gasteiger partial charge >= 0.3 is 5.97 Å². The van der Waals surface area contributed by atoms with Crippen molar-refractivity contribution in [3.05, 3.63) is 0 Å². The van der Waals surface area contributed by atoms with Gasteiger partial charge in [-0.05, 0) is 25.2 Å². The lowest BCUT2D eigenvalue weighted by Crippen LogP contribution is -2.60. The first-order valence-corrected chi connectivity index (χ1v) is 11.1. The van der Waals surface area contributed by atoms with Gasteiger partial charge in [0.1, 0.15) is 24.2 Å². The summed E-state index contributed by atoms with van der Waals surface area (Å²) in [6, 6.07) is -4.72. The van der Waals surface area contributed by atoms with Gasteiger partial charge in [0.15, 0.2) is 0 Å². The molecule has 0 fully saturated rings. The van der Waals surface area contributed by atoms with Crippen molar-refractivity contribution in [1.82, 2.24) is 16.0 Å². The van der Waals surface area contributed by atoms with E-state index in [-0.39, 0.29) is 24.7 Å². The predicted octanol–water partition coefficient (Wildman–Crippen LogP) is -1.41. The van der Waals surface area contributed by atoms with Crippen molar-refractivity contribution in [3.8, 4) is 0 Å². The van der Waals surface area contributed by atoms with Gasteiger partial charge in [-0.2, -0.15) is 0 Å². The maximum absolute atomic E-state index is 13.1. The molecule has 7 unspecified atom stereocenters. The number of primary amides is 1. The zero-order chi connectivity index (χ0) is 25.9. The van der Waals surface area contributed by atoms with Crippen molar-refractivity contribution in [3.63, 3.8) is 0 Å². The Morgan fingerprint density at radius 2 is 1.24 bits per heavy atom. The Balaban J connectivity index is 5.62. The summed E-state index contributed by atoms with van der Waals surface area (Å²) in [7, 11) is 0. The molecule has 0 bridgehead atoms. The number of amides is 4. The molecule has 0 saturated heterocycles. The summed E-state index contributed by atoms with van der Waals surface area (Å²) in [5.74, 6) is -4.82. The number of aliphatic hydroxyl groups excluding tert-OH is 1. The van der Waals surface area contributed by atoms with Crippen molar-refractivity contribution >= 4 is 29.6 Å². The largest absolute Gasteiger partial charge is 0.480 e. The monoisotopic (exact) mass is 473 g/mol. The van der Waals surface area contributed by atoms with Crippen LogP contribution < -0.4 is 27.4 Å². The third kappa shape index (κ3) is 10.2. The first kappa shape index (κ1) is 30.3. The second kappa shape index (κ2) is 14.4. The van der Waals surface area contributed by atoms with Crippen LogP contribution in [0, 0.1) is 11.8 Å². The molecule has 0 aliphatic carbocycles. The van der Waals surface area contributed by atoms with E-state index in [1.807, 2.05) is 6.92 Å². The molecule has 0 aliphatic rings. The van der Waals surface area contributed by atoms with Gasteiger partial charge < -0.3 is 37.6 Å². The summed E-state index contributed by atoms with van der Waals surface area (Å²) < 4.78 is 0. The van der Waals surface area contributed by atoms with Gasteiger partial charge in [-0.3, -0.25) is 19.2 Å². The minimum absolute atomic E-state index is 0.194. The van der Waals surface area contributed by atoms with Crippen molar-refractivity contribution in [1.29, 1.82) is 0 Å². The van der Waals surface area contributed by atoms with E-state index in [9.17, 15) is 34.2 Å². The second-order valence-electron chi connectivity index (χ2n) is 8.41. The molecule has 33 heavy (non-hydrogen) atoms. The van der Waals surface area contributed by atoms with E-state index in [0.29, 0.717) is 12.8 Å². The highest BCUT2D eigenvalue weighted by atomic mass is 16.4. The van der Waals surface area contributed by atoms with E-state index in [1.165, 1.54) is 6.92 Å². The van der Waals surface area contributed by atoms with Crippen LogP contribution in [-0.2, 0) is 24.0 Å². The zero-order valence-corrected chi connectivity index (χ0v) is 20.0. The lowest BCUT2D eigenvalue weighted by atomic mass is 9.94. The van der Waals surface area contributed by atoms with Gasteiger partial charge in [-0.15, -0.1) is 0 Å². The second-order valence-corrected chi connectivity index (χ2v) is 8.41. The van der Waals surface area contributed by atoms with E-state index >= 15 is 0 Å². The van der Waals surface area contributed by atoms with Crippen LogP contribution in [0.15, 0.2) is 0 Å². The number of aliphatic carboxylic acids is 1. The first-order valence-electron chi connectivity index (χ1n) is 11.1. The molecule has 0 heterocycles. The molecule has 7 atom stereocenters. The van der Waals surface area contributed by atoms with Crippen LogP contribution in [0.1, 0.15) is 60.3 Å². The number of rotatable bonds is 15. The minimum atomic E-state index is -1.36. The van der Waals surface area contributed by atoms with Crippen molar-refractivity contribution < 1.29 is 34.2 Å². The summed E-state index contributed by atoms with van der Waals surface area (Å²) in [5.41, 5.74) is 10.7. The van der Waals surface area contributed by atoms with Crippen LogP contribution in [0.4, 0.5) is 0 Å². The van der Waals surface area contributed by atoms with E-state index < -0.39 is 59.9 Å². The molecular formula is C21H39N5O7. The lowest BCUT2D eigenvalue weighted by Gasteiger charge is -2.30. The number of hydrogen-bond donors (Lipinski definition) is 7. The van der Waals surface area contributed by atoms with Gasteiger partial charge in [0.2, 0.25) is 23.6 Å². The normalized spacial score (nSPS) is 17.4. The fourth-order valence-corrected chi connectivity index (χ4v) is 2.92. The molecular weight excluding hydrogens is 434 g/mol. The molecule has 0 radical (unpaired) electrons. The van der Waals surface area contributed by atoms with Gasteiger partial charge in [0.25, 0.3) is 0 Å². The molecule has 12 nitrogen and oxygen atoms in total. The fraction of sp³-hybridized carbons (Fsp3) is 0.762. The first-order chi connectivity index (χ1) is 15.3. The van der Waals surface area contributed by atoms with Crippen molar-refractivity contribution in [2.75, 3.05) is 0 Å². The van der Waals surface area contributed by atoms with Crippen molar-refractivity contribution in [2.45, 2.75) is 90.6 Å². The van der Waals surface area contributed by atoms with Gasteiger partial charge in [0.05, 0.1) is 6.10 Å². The average Bonchev–Trinajstić information content (AvgIpc) is 2.75. The van der Waals surface area contributed by atoms with Crippen LogP contribution in [0.25, 0.3) is 0 Å². The minimum Gasteiger partial charge on any atom is -0.480 e. The molecule has 12 heteroatoms. The molecule has 0 aromatic heterocycles. The highest BCUT2D eigenvalue weighted by molar-refractivity contribution is 5.94. The maximum Gasteiger partial charge on any atom is 0.326 e. The van der Waals surface area contributed by atoms with Crippen molar-refractivity contribution in [2.24, 2.45) is 23.3 Å². The third-order valence-corrected chi connectivity index (χ3v) is 5.70. The number of nitrogens with two attached hydrogens (primary N) is 2. The Kier molecular flexibility index (Phi) is 13.2. The SMILES string of the molecule is CCC(C)C(NC(=O)C(N)C(C)O)C(=O)NC(C(=O)NC(CCC(N)=O)C(=O)O)C(C)CC. The highest BCUT2D eigenvalue weighted by Gasteiger charge is 2.34. The zero-order valence-electron chi connectivity index (χ0n) is 20.0. The van der Waals surface area contributed by atoms with Crippen LogP contribution in [-0.4, -0.2) is 70.1 Å². The number of hydrogen-bond acceptors (Lipinski definition) is 7. The van der Waals surface area contributed by atoms with E-state index in [4.69, 9.17) is 11.5 Å². The third-order valence-electron chi connectivity index (χ3n) is 5.70. The summed E-state index contributed by atoms with van der Waals surface area (Å²) in [4.78, 5) is 60.7. The molecule has 9 N–H and O–H groups in total. The Morgan fingerprint density at radius 3 is 1.61 bits per heavy atom. The van der Waals surface area contributed by atoms with E-state index in [0.717, 1.165) is 0 Å². The number of carboxylic acids is 1. The molecule has 0 rings (SSSR count). The summed E-state index contributed by atoms with van der Waals surface area (Å²) >= 11 is 0. The summed E-state index contributed by atoms with van der Waals surface area (Å²) in [5, 5.41) is 26.4. The topological polar surface area (TPSA) is 214 Å². The van der Waals surface area contributed by atoms with E-state index in [2.05, 4.69) is 16.0 Å². The molecule has 0 aromatic rings. The van der Waals surface area contributed by atoms with Crippen LogP contribution in [0.5, 0.6) is 0 Å². The molecule has 0 aromatic carbocycles. The van der Waals surface area contributed by atoms with Gasteiger partial charge in [-0.1, -0.05) is 40.5 Å². The van der Waals surface area contributed by atoms with Gasteiger partial charge in [-0.25, -0.2) is 4.79 Å². The predicted molar refractivity (Wildman–Crippen MR) is 120 cm³/mol. The Hall–Kier alpha value is -2.73. The average molecular weight is 474 g/mol. The lowest BCUT2D eigenvalue weighted by molar-refractivity contribution is -0.143. The van der Waals surface area contributed by atoms with Crippen LogP contribution in [0.2, 0.25) is 0 Å². The van der Waals surface area contributed by atoms with E-state index in [1.54, 1.807) is 20.8 Å². The standard InChI is InChI=1S/C21H39N5O7/c1-6-10(3)16(19(30)24-13(21(32)33)8-9-14(22)28)26-20(31)17(11(4)7-2)25-18(29)15(23)12(5)27/h10-13,15-17,27H,6-9,23H2,1-5H3,(H2,22,28)(H,24,30)(H,25,29)(H,26,31)(H,32,33). The number of aliphatic hydroxyl groups is 1. The molecule has 0 spiro atoms. The van der Waals surface area contributed by atoms with Crippen LogP contribution >= 0.6 is 0 Å².